The maximum absolute atomic E-state index is 5.79. The van der Waals surface area contributed by atoms with E-state index in [2.05, 4.69) is 5.32 Å². The van der Waals surface area contributed by atoms with Crippen molar-refractivity contribution in [2.45, 2.75) is 6.92 Å². The molecule has 0 saturated carbocycles. The molecule has 0 atom stereocenters. The van der Waals surface area contributed by atoms with E-state index in [1.807, 2.05) is 25.1 Å². The lowest BCUT2D eigenvalue weighted by Gasteiger charge is -2.10. The Morgan fingerprint density at radius 2 is 2.00 bits per heavy atom. The molecule has 3 N–H and O–H groups in total. The lowest BCUT2D eigenvalue weighted by atomic mass is 10.2. The van der Waals surface area contributed by atoms with Gasteiger partial charge in [0.05, 0.1) is 26.4 Å². The minimum Gasteiger partial charge on any atom is -0.494 e. The second-order valence-electron chi connectivity index (χ2n) is 3.76. The van der Waals surface area contributed by atoms with Gasteiger partial charge in [0, 0.05) is 37.2 Å². The summed E-state index contributed by atoms with van der Waals surface area (Å²) in [6.45, 7) is 5.15. The van der Waals surface area contributed by atoms with Gasteiger partial charge in [0.1, 0.15) is 5.75 Å². The molecule has 1 aromatic carbocycles. The Bertz CT molecular complexity index is 345. The van der Waals surface area contributed by atoms with Crippen LogP contribution in [0.25, 0.3) is 0 Å². The maximum Gasteiger partial charge on any atom is 0.123 e. The van der Waals surface area contributed by atoms with E-state index in [-0.39, 0.29) is 0 Å². The fourth-order valence-electron chi connectivity index (χ4n) is 1.49. The van der Waals surface area contributed by atoms with Crippen LogP contribution in [0.1, 0.15) is 6.92 Å². The summed E-state index contributed by atoms with van der Waals surface area (Å²) in [4.78, 5) is 0. The molecule has 0 saturated heterocycles. The Balaban J connectivity index is 2.32. The van der Waals surface area contributed by atoms with Crippen LogP contribution in [0.15, 0.2) is 18.2 Å². The van der Waals surface area contributed by atoms with E-state index in [1.165, 1.54) is 0 Å². The minimum atomic E-state index is 0.610. The third-order valence-electron chi connectivity index (χ3n) is 2.25. The number of nitrogen functional groups attached to an aromatic ring is 1. The van der Waals surface area contributed by atoms with E-state index < -0.39 is 0 Å². The molecule has 18 heavy (non-hydrogen) atoms. The summed E-state index contributed by atoms with van der Waals surface area (Å²) in [5, 5.41) is 3.24. The molecule has 0 unspecified atom stereocenters. The molecule has 0 heterocycles. The molecule has 5 nitrogen and oxygen atoms in total. The van der Waals surface area contributed by atoms with Crippen LogP contribution in [0, 0.1) is 0 Å². The van der Waals surface area contributed by atoms with Gasteiger partial charge in [-0.1, -0.05) is 0 Å². The molecule has 1 rings (SSSR count). The monoisotopic (exact) mass is 254 g/mol. The second-order valence-corrected chi connectivity index (χ2v) is 3.76. The first-order valence-electron chi connectivity index (χ1n) is 6.10. The summed E-state index contributed by atoms with van der Waals surface area (Å²) in [5.74, 6) is 0.778. The standard InChI is InChI=1S/C13H22N2O3/c1-3-18-13-9-11(14)8-12(10-13)15-4-5-17-7-6-16-2/h8-10,15H,3-7,14H2,1-2H3. The van der Waals surface area contributed by atoms with Crippen molar-refractivity contribution in [1.29, 1.82) is 0 Å². The molecular weight excluding hydrogens is 232 g/mol. The highest BCUT2D eigenvalue weighted by Crippen LogP contribution is 2.22. The lowest BCUT2D eigenvalue weighted by Crippen LogP contribution is -2.12. The Kier molecular flexibility index (Phi) is 6.98. The van der Waals surface area contributed by atoms with Crippen LogP contribution in [0.5, 0.6) is 5.75 Å². The Morgan fingerprint density at radius 1 is 1.17 bits per heavy atom. The predicted octanol–water partition coefficient (Wildman–Crippen LogP) is 1.74. The van der Waals surface area contributed by atoms with E-state index >= 15 is 0 Å². The molecule has 0 aromatic heterocycles. The van der Waals surface area contributed by atoms with Gasteiger partial charge in [0.25, 0.3) is 0 Å². The highest BCUT2D eigenvalue weighted by Gasteiger charge is 1.99. The Labute approximate surface area is 108 Å². The number of anilines is 2. The molecule has 0 fully saturated rings. The van der Waals surface area contributed by atoms with E-state index in [0.717, 1.165) is 18.0 Å². The number of methoxy groups -OCH3 is 1. The normalized spacial score (nSPS) is 10.3. The van der Waals surface area contributed by atoms with Crippen molar-refractivity contribution >= 4 is 11.4 Å². The summed E-state index contributed by atoms with van der Waals surface area (Å²) in [6.07, 6.45) is 0. The van der Waals surface area contributed by atoms with Gasteiger partial charge >= 0.3 is 0 Å². The van der Waals surface area contributed by atoms with Crippen LogP contribution in [-0.4, -0.2) is 40.1 Å². The average molecular weight is 254 g/mol. The first kappa shape index (κ1) is 14.6. The second kappa shape index (κ2) is 8.60. The molecule has 1 aromatic rings. The lowest BCUT2D eigenvalue weighted by molar-refractivity contribution is 0.0759. The van der Waals surface area contributed by atoms with Crippen LogP contribution < -0.4 is 15.8 Å². The van der Waals surface area contributed by atoms with Crippen LogP contribution in [0.4, 0.5) is 11.4 Å². The van der Waals surface area contributed by atoms with Crippen LogP contribution in [-0.2, 0) is 9.47 Å². The predicted molar refractivity (Wildman–Crippen MR) is 73.2 cm³/mol. The third-order valence-corrected chi connectivity index (χ3v) is 2.25. The molecule has 0 bridgehead atoms. The topological polar surface area (TPSA) is 65.7 Å². The molecule has 5 heteroatoms. The zero-order chi connectivity index (χ0) is 13.2. The molecule has 0 aliphatic rings. The van der Waals surface area contributed by atoms with Crippen molar-refractivity contribution in [3.8, 4) is 5.75 Å². The molecule has 0 radical (unpaired) electrons. The molecule has 0 aliphatic heterocycles. The molecule has 0 amide bonds. The smallest absolute Gasteiger partial charge is 0.123 e. The number of ether oxygens (including phenoxy) is 3. The largest absolute Gasteiger partial charge is 0.494 e. The summed E-state index contributed by atoms with van der Waals surface area (Å²) >= 11 is 0. The maximum atomic E-state index is 5.79. The molecule has 0 spiro atoms. The first-order chi connectivity index (χ1) is 8.76. The van der Waals surface area contributed by atoms with Gasteiger partial charge in [-0.05, 0) is 13.0 Å². The SMILES string of the molecule is CCOc1cc(N)cc(NCCOCCOC)c1. The summed E-state index contributed by atoms with van der Waals surface area (Å²) < 4.78 is 15.7. The van der Waals surface area contributed by atoms with Gasteiger partial charge in [-0.15, -0.1) is 0 Å². The van der Waals surface area contributed by atoms with E-state index in [4.69, 9.17) is 19.9 Å². The molecular formula is C13H22N2O3. The number of nitrogens with two attached hydrogens (primary N) is 1. The zero-order valence-electron chi connectivity index (χ0n) is 11.1. The van der Waals surface area contributed by atoms with Gasteiger partial charge < -0.3 is 25.3 Å². The number of benzene rings is 1. The van der Waals surface area contributed by atoms with Crippen LogP contribution in [0.2, 0.25) is 0 Å². The quantitative estimate of drug-likeness (QED) is 0.519. The van der Waals surface area contributed by atoms with Crippen LogP contribution in [0.3, 0.4) is 0 Å². The summed E-state index contributed by atoms with van der Waals surface area (Å²) in [5.41, 5.74) is 7.41. The van der Waals surface area contributed by atoms with E-state index in [1.54, 1.807) is 7.11 Å². The number of hydrogen-bond donors (Lipinski definition) is 2. The number of hydrogen-bond acceptors (Lipinski definition) is 5. The van der Waals surface area contributed by atoms with E-state index in [0.29, 0.717) is 32.1 Å². The van der Waals surface area contributed by atoms with Gasteiger partial charge in [-0.25, -0.2) is 0 Å². The molecule has 0 aliphatic carbocycles. The van der Waals surface area contributed by atoms with E-state index in [9.17, 15) is 0 Å². The van der Waals surface area contributed by atoms with Crippen LogP contribution >= 0.6 is 0 Å². The molecule has 102 valence electrons. The van der Waals surface area contributed by atoms with Crippen molar-refractivity contribution in [3.05, 3.63) is 18.2 Å². The minimum absolute atomic E-state index is 0.610. The average Bonchev–Trinajstić information content (AvgIpc) is 2.33. The van der Waals surface area contributed by atoms with Crippen molar-refractivity contribution in [2.75, 3.05) is 51.1 Å². The fraction of sp³-hybridized carbons (Fsp3) is 0.538. The Hall–Kier alpha value is -1.46. The van der Waals surface area contributed by atoms with Gasteiger partial charge in [-0.2, -0.15) is 0 Å². The van der Waals surface area contributed by atoms with Crippen molar-refractivity contribution in [1.82, 2.24) is 0 Å². The third kappa shape index (κ3) is 5.75. The summed E-state index contributed by atoms with van der Waals surface area (Å²) in [7, 11) is 1.66. The van der Waals surface area contributed by atoms with Gasteiger partial charge in [0.15, 0.2) is 0 Å². The first-order valence-corrected chi connectivity index (χ1v) is 6.10. The number of nitrogens with one attached hydrogen (secondary N) is 1. The summed E-state index contributed by atoms with van der Waals surface area (Å²) in [6, 6.07) is 5.61. The Morgan fingerprint density at radius 3 is 2.72 bits per heavy atom. The highest BCUT2D eigenvalue weighted by atomic mass is 16.5. The fourth-order valence-corrected chi connectivity index (χ4v) is 1.49. The van der Waals surface area contributed by atoms with Crippen molar-refractivity contribution in [2.24, 2.45) is 0 Å². The van der Waals surface area contributed by atoms with Gasteiger partial charge in [-0.3, -0.25) is 0 Å². The number of rotatable bonds is 9. The van der Waals surface area contributed by atoms with Gasteiger partial charge in [0.2, 0.25) is 0 Å². The van der Waals surface area contributed by atoms with Crippen molar-refractivity contribution in [3.63, 3.8) is 0 Å². The zero-order valence-corrected chi connectivity index (χ0v) is 11.1. The highest BCUT2D eigenvalue weighted by molar-refractivity contribution is 5.59. The van der Waals surface area contributed by atoms with Crippen molar-refractivity contribution < 1.29 is 14.2 Å².